The Morgan fingerprint density at radius 2 is 0.625 bits per heavy atom. The summed E-state index contributed by atoms with van der Waals surface area (Å²) in [6.45, 7) is 4.64. The van der Waals surface area contributed by atoms with Crippen molar-refractivity contribution >= 4 is 25.7 Å². The summed E-state index contributed by atoms with van der Waals surface area (Å²) in [4.78, 5) is 48.2. The topological polar surface area (TPSA) is 155 Å². The van der Waals surface area contributed by atoms with Gasteiger partial charge in [-0.1, -0.05) is 239 Å². The number of hydrogen-bond donors (Lipinski definition) is 2. The molecule has 0 amide bonds. The van der Waals surface area contributed by atoms with Gasteiger partial charge in [0.25, 0.3) is 0 Å². The number of unbranched alkanes of at least 4 members (excludes halogenated alkanes) is 34. The van der Waals surface area contributed by atoms with Gasteiger partial charge < -0.3 is 24.2 Å². The second-order valence-corrected chi connectivity index (χ2v) is 19.9. The molecule has 2 N–H and O–H groups in total. The highest BCUT2D eigenvalue weighted by molar-refractivity contribution is 7.47. The van der Waals surface area contributed by atoms with E-state index in [9.17, 15) is 28.9 Å². The molecule has 0 bridgehead atoms. The number of aliphatic hydroxyl groups excluding tert-OH is 1. The molecule has 64 heavy (non-hydrogen) atoms. The molecule has 0 aliphatic rings. The molecular weight excluding hydrogens is 832 g/mol. The Morgan fingerprint density at radius 1 is 0.375 bits per heavy atom. The van der Waals surface area contributed by atoms with E-state index in [-0.39, 0.29) is 25.9 Å². The van der Waals surface area contributed by atoms with Crippen molar-refractivity contribution in [1.82, 2.24) is 0 Å². The van der Waals surface area contributed by atoms with E-state index in [4.69, 9.17) is 23.3 Å². The molecule has 11 nitrogen and oxygen atoms in total. The standard InChI is InChI=1S/C52H101O11P/c1-4-7-10-13-16-19-20-21-22-23-24-25-26-27-28-31-34-37-40-43-52(56)63-49(45-59-50(54)41-38-35-32-29-17-14-11-8-5-2)47-61-64(57,58)60-46-48(44-53)62-51(55)42-39-36-33-30-18-15-12-9-6-3/h48-49,53H,4-47H2,1-3H3,(H,57,58). The normalized spacial score (nSPS) is 13.4. The average Bonchev–Trinajstić information content (AvgIpc) is 3.28. The van der Waals surface area contributed by atoms with Crippen LogP contribution in [0.2, 0.25) is 0 Å². The van der Waals surface area contributed by atoms with E-state index in [1.807, 2.05) is 0 Å². The van der Waals surface area contributed by atoms with Crippen molar-refractivity contribution in [1.29, 1.82) is 0 Å². The number of aliphatic hydroxyl groups is 1. The molecule has 0 saturated heterocycles. The molecular formula is C52H101O11P. The van der Waals surface area contributed by atoms with Crippen LogP contribution in [-0.2, 0) is 42.2 Å². The largest absolute Gasteiger partial charge is 0.472 e. The summed E-state index contributed by atoms with van der Waals surface area (Å²) in [7, 11) is -4.72. The van der Waals surface area contributed by atoms with Gasteiger partial charge in [-0.15, -0.1) is 0 Å². The minimum absolute atomic E-state index is 0.178. The summed E-state index contributed by atoms with van der Waals surface area (Å²) in [6.07, 6.45) is 42.3. The first-order valence-electron chi connectivity index (χ1n) is 26.9. The lowest BCUT2D eigenvalue weighted by Crippen LogP contribution is -2.30. The molecule has 0 spiro atoms. The fraction of sp³-hybridized carbons (Fsp3) is 0.942. The fourth-order valence-electron chi connectivity index (χ4n) is 7.89. The molecule has 0 aliphatic carbocycles. The Hall–Kier alpha value is -1.52. The summed E-state index contributed by atoms with van der Waals surface area (Å²) < 4.78 is 39.3. The van der Waals surface area contributed by atoms with Crippen LogP contribution >= 0.6 is 7.82 Å². The highest BCUT2D eigenvalue weighted by Crippen LogP contribution is 2.43. The van der Waals surface area contributed by atoms with Crippen LogP contribution in [0.15, 0.2) is 0 Å². The van der Waals surface area contributed by atoms with Gasteiger partial charge in [0.1, 0.15) is 12.7 Å². The minimum Gasteiger partial charge on any atom is -0.462 e. The van der Waals surface area contributed by atoms with Crippen LogP contribution in [0.1, 0.15) is 278 Å². The van der Waals surface area contributed by atoms with Gasteiger partial charge in [-0.25, -0.2) is 4.57 Å². The van der Waals surface area contributed by atoms with Gasteiger partial charge in [0.15, 0.2) is 6.10 Å². The summed E-state index contributed by atoms with van der Waals surface area (Å²) in [5.74, 6) is -1.44. The molecule has 12 heteroatoms. The molecule has 0 radical (unpaired) electrons. The van der Waals surface area contributed by atoms with Crippen molar-refractivity contribution in [3.8, 4) is 0 Å². The second kappa shape index (κ2) is 48.0. The van der Waals surface area contributed by atoms with Crippen LogP contribution in [0.4, 0.5) is 0 Å². The van der Waals surface area contributed by atoms with Crippen LogP contribution in [0.5, 0.6) is 0 Å². The van der Waals surface area contributed by atoms with Gasteiger partial charge >= 0.3 is 25.7 Å². The van der Waals surface area contributed by atoms with Gasteiger partial charge in [-0.2, -0.15) is 0 Å². The number of rotatable bonds is 51. The molecule has 0 fully saturated rings. The van der Waals surface area contributed by atoms with Crippen molar-refractivity contribution in [2.75, 3.05) is 26.4 Å². The molecule has 380 valence electrons. The number of carbonyl (C=O) groups is 3. The quantitative estimate of drug-likeness (QED) is 0.0259. The molecule has 3 atom stereocenters. The number of phosphoric acid groups is 1. The van der Waals surface area contributed by atoms with Crippen molar-refractivity contribution in [2.24, 2.45) is 0 Å². The molecule has 3 unspecified atom stereocenters. The average molecular weight is 933 g/mol. The Labute approximate surface area is 393 Å². The first-order chi connectivity index (χ1) is 31.2. The Balaban J connectivity index is 4.59. The number of esters is 3. The van der Waals surface area contributed by atoms with Gasteiger partial charge in [0, 0.05) is 19.3 Å². The highest BCUT2D eigenvalue weighted by Gasteiger charge is 2.28. The van der Waals surface area contributed by atoms with E-state index in [1.165, 1.54) is 161 Å². The Kier molecular flexibility index (Phi) is 46.8. The van der Waals surface area contributed by atoms with Crippen LogP contribution in [0, 0.1) is 0 Å². The highest BCUT2D eigenvalue weighted by atomic mass is 31.2. The molecule has 0 aromatic carbocycles. The molecule has 0 aromatic heterocycles. The molecule has 0 aliphatic heterocycles. The lowest BCUT2D eigenvalue weighted by atomic mass is 10.0. The van der Waals surface area contributed by atoms with Gasteiger partial charge in [-0.05, 0) is 19.3 Å². The maximum absolute atomic E-state index is 12.8. The molecule has 0 rings (SSSR count). The predicted molar refractivity (Wildman–Crippen MR) is 261 cm³/mol. The summed E-state index contributed by atoms with van der Waals surface area (Å²) in [5.41, 5.74) is 0. The molecule has 0 aromatic rings. The zero-order chi connectivity index (χ0) is 47.0. The first-order valence-corrected chi connectivity index (χ1v) is 28.4. The number of carbonyl (C=O) groups excluding carboxylic acids is 3. The fourth-order valence-corrected chi connectivity index (χ4v) is 8.67. The zero-order valence-corrected chi connectivity index (χ0v) is 42.7. The zero-order valence-electron chi connectivity index (χ0n) is 41.8. The van der Waals surface area contributed by atoms with Crippen LogP contribution < -0.4 is 0 Å². The van der Waals surface area contributed by atoms with E-state index >= 15 is 0 Å². The summed E-state index contributed by atoms with van der Waals surface area (Å²) in [5, 5.41) is 9.73. The van der Waals surface area contributed by atoms with Crippen molar-refractivity contribution in [3.63, 3.8) is 0 Å². The molecule has 0 saturated carbocycles. The van der Waals surface area contributed by atoms with E-state index < -0.39 is 57.8 Å². The summed E-state index contributed by atoms with van der Waals surface area (Å²) in [6, 6.07) is 0. The Morgan fingerprint density at radius 3 is 0.922 bits per heavy atom. The predicted octanol–water partition coefficient (Wildman–Crippen LogP) is 15.1. The number of hydrogen-bond acceptors (Lipinski definition) is 10. The third-order valence-corrected chi connectivity index (χ3v) is 13.0. The van der Waals surface area contributed by atoms with E-state index in [0.29, 0.717) is 19.3 Å². The van der Waals surface area contributed by atoms with E-state index in [1.54, 1.807) is 0 Å². The van der Waals surface area contributed by atoms with E-state index in [2.05, 4.69) is 20.8 Å². The number of ether oxygens (including phenoxy) is 3. The van der Waals surface area contributed by atoms with Gasteiger partial charge in [0.05, 0.1) is 19.8 Å². The SMILES string of the molecule is CCCCCCCCCCCCCCCCCCCCCC(=O)OC(COC(=O)CCCCCCCCCCC)COP(=O)(O)OCC(CO)OC(=O)CCCCCCCCCCC. The smallest absolute Gasteiger partial charge is 0.462 e. The maximum Gasteiger partial charge on any atom is 0.472 e. The summed E-state index contributed by atoms with van der Waals surface area (Å²) >= 11 is 0. The monoisotopic (exact) mass is 933 g/mol. The van der Waals surface area contributed by atoms with Gasteiger partial charge in [0.2, 0.25) is 0 Å². The lowest BCUT2D eigenvalue weighted by molar-refractivity contribution is -0.161. The van der Waals surface area contributed by atoms with Crippen LogP contribution in [0.25, 0.3) is 0 Å². The first kappa shape index (κ1) is 62.5. The van der Waals surface area contributed by atoms with Gasteiger partial charge in [-0.3, -0.25) is 23.4 Å². The third kappa shape index (κ3) is 45.6. The van der Waals surface area contributed by atoms with Crippen molar-refractivity contribution < 1.29 is 52.2 Å². The van der Waals surface area contributed by atoms with Crippen molar-refractivity contribution in [3.05, 3.63) is 0 Å². The van der Waals surface area contributed by atoms with Crippen molar-refractivity contribution in [2.45, 2.75) is 290 Å². The third-order valence-electron chi connectivity index (χ3n) is 12.0. The van der Waals surface area contributed by atoms with E-state index in [0.717, 1.165) is 57.8 Å². The molecule has 0 heterocycles. The second-order valence-electron chi connectivity index (χ2n) is 18.4. The Bertz CT molecular complexity index is 1090. The maximum atomic E-state index is 12.8. The van der Waals surface area contributed by atoms with Crippen LogP contribution in [-0.4, -0.2) is 66.5 Å². The minimum atomic E-state index is -4.72. The lowest BCUT2D eigenvalue weighted by Gasteiger charge is -2.21. The van der Waals surface area contributed by atoms with Crippen LogP contribution in [0.3, 0.4) is 0 Å². The number of phosphoric ester groups is 1.